The highest BCUT2D eigenvalue weighted by Gasteiger charge is 2.33. The van der Waals surface area contributed by atoms with Gasteiger partial charge in [-0.25, -0.2) is 4.68 Å². The molecule has 2 amide bonds. The van der Waals surface area contributed by atoms with E-state index >= 15 is 0 Å². The van der Waals surface area contributed by atoms with Crippen LogP contribution in [0.15, 0.2) is 30.9 Å². The molecular formula is C22H26ClN5O2. The molecule has 1 unspecified atom stereocenters. The van der Waals surface area contributed by atoms with Crippen LogP contribution in [-0.2, 0) is 17.6 Å². The van der Waals surface area contributed by atoms with Crippen LogP contribution in [0.25, 0.3) is 0 Å². The number of benzene rings is 1. The predicted molar refractivity (Wildman–Crippen MR) is 116 cm³/mol. The number of nitrogens with two attached hydrogens (primary N) is 2. The zero-order chi connectivity index (χ0) is 21.4. The summed E-state index contributed by atoms with van der Waals surface area (Å²) in [6, 6.07) is 5.83. The Labute approximate surface area is 180 Å². The number of hydrogen-bond acceptors (Lipinski definition) is 4. The molecule has 0 radical (unpaired) electrons. The van der Waals surface area contributed by atoms with Crippen molar-refractivity contribution in [1.29, 1.82) is 0 Å². The maximum absolute atomic E-state index is 12.3. The summed E-state index contributed by atoms with van der Waals surface area (Å²) in [6.45, 7) is 4.74. The lowest BCUT2D eigenvalue weighted by atomic mass is 9.81. The lowest BCUT2D eigenvalue weighted by Crippen LogP contribution is -2.40. The van der Waals surface area contributed by atoms with Crippen molar-refractivity contribution >= 4 is 29.2 Å². The Bertz CT molecular complexity index is 1020. The van der Waals surface area contributed by atoms with E-state index in [0.29, 0.717) is 24.3 Å². The van der Waals surface area contributed by atoms with Gasteiger partial charge in [-0.1, -0.05) is 24.2 Å². The molecule has 0 saturated carbocycles. The monoisotopic (exact) mass is 427 g/mol. The summed E-state index contributed by atoms with van der Waals surface area (Å²) in [4.78, 5) is 26.1. The Hall–Kier alpha value is -2.80. The maximum atomic E-state index is 12.3. The third-order valence-corrected chi connectivity index (χ3v) is 6.47. The molecule has 2 aliphatic rings. The van der Waals surface area contributed by atoms with E-state index in [4.69, 9.17) is 28.2 Å². The van der Waals surface area contributed by atoms with E-state index in [0.717, 1.165) is 37.1 Å². The summed E-state index contributed by atoms with van der Waals surface area (Å²) >= 11 is 6.12. The van der Waals surface area contributed by atoms with Gasteiger partial charge in [0.25, 0.3) is 5.91 Å². The highest BCUT2D eigenvalue weighted by Crippen LogP contribution is 2.37. The van der Waals surface area contributed by atoms with E-state index in [2.05, 4.69) is 6.58 Å². The van der Waals surface area contributed by atoms with Gasteiger partial charge in [0.15, 0.2) is 0 Å². The van der Waals surface area contributed by atoms with Crippen LogP contribution in [0.5, 0.6) is 0 Å². The Morgan fingerprint density at radius 1 is 1.27 bits per heavy atom. The second-order valence-corrected chi connectivity index (χ2v) is 8.53. The zero-order valence-corrected chi connectivity index (χ0v) is 17.6. The van der Waals surface area contributed by atoms with Crippen LogP contribution in [0.3, 0.4) is 0 Å². The third kappa shape index (κ3) is 3.69. The van der Waals surface area contributed by atoms with E-state index < -0.39 is 5.91 Å². The van der Waals surface area contributed by atoms with Crippen LogP contribution in [0, 0.1) is 0 Å². The molecule has 8 heteroatoms. The molecule has 1 aromatic heterocycles. The maximum Gasteiger partial charge on any atom is 0.254 e. The first-order valence-corrected chi connectivity index (χ1v) is 10.6. The number of carbonyl (C=O) groups is 2. The van der Waals surface area contributed by atoms with Crippen molar-refractivity contribution in [1.82, 2.24) is 14.7 Å². The third-order valence-electron chi connectivity index (χ3n) is 6.23. The van der Waals surface area contributed by atoms with Gasteiger partial charge < -0.3 is 16.4 Å². The van der Waals surface area contributed by atoms with Crippen LogP contribution in [0.4, 0.5) is 5.82 Å². The van der Waals surface area contributed by atoms with Crippen LogP contribution < -0.4 is 11.5 Å². The Morgan fingerprint density at radius 2 is 2.07 bits per heavy atom. The van der Waals surface area contributed by atoms with Gasteiger partial charge in [-0.3, -0.25) is 9.59 Å². The first-order valence-electron chi connectivity index (χ1n) is 10.2. The van der Waals surface area contributed by atoms with Crippen molar-refractivity contribution in [3.8, 4) is 0 Å². The molecule has 158 valence electrons. The fourth-order valence-electron chi connectivity index (χ4n) is 4.72. The van der Waals surface area contributed by atoms with Gasteiger partial charge in [0, 0.05) is 24.0 Å². The van der Waals surface area contributed by atoms with Gasteiger partial charge in [0.05, 0.1) is 11.7 Å². The Kier molecular flexibility index (Phi) is 5.56. The molecule has 4 N–H and O–H groups in total. The normalized spacial score (nSPS) is 21.2. The molecule has 2 atom stereocenters. The van der Waals surface area contributed by atoms with Crippen molar-refractivity contribution in [2.24, 2.45) is 5.73 Å². The number of piperidine rings is 1. The molecule has 4 rings (SSSR count). The molecule has 2 heterocycles. The Balaban J connectivity index is 1.66. The molecule has 30 heavy (non-hydrogen) atoms. The summed E-state index contributed by atoms with van der Waals surface area (Å²) in [7, 11) is 0. The molecule has 1 saturated heterocycles. The number of aryl methyl sites for hydroxylation is 1. The number of nitrogens with zero attached hydrogens (tertiary/aromatic N) is 3. The molecule has 1 aromatic carbocycles. The molecule has 1 aliphatic carbocycles. The number of amides is 2. The lowest BCUT2D eigenvalue weighted by molar-refractivity contribution is -0.127. The standard InChI is InChI=1S/C22H26ClN5O2/c1-2-18(29)27-9-3-4-17(12-27)28-21(24)19(22(25)30)20(26-28)15-6-5-14-11-16(23)8-7-13(14)10-15/h2,7-8,11,15,17H,1,3-6,9-10,12,24H2,(H2,25,30)/t15?,17-/m1/s1. The van der Waals surface area contributed by atoms with Gasteiger partial charge in [-0.05, 0) is 61.4 Å². The van der Waals surface area contributed by atoms with Crippen molar-refractivity contribution in [2.45, 2.75) is 44.1 Å². The zero-order valence-electron chi connectivity index (χ0n) is 16.8. The number of carbonyl (C=O) groups excluding carboxylic acids is 2. The van der Waals surface area contributed by atoms with Gasteiger partial charge in [-0.15, -0.1) is 0 Å². The van der Waals surface area contributed by atoms with E-state index in [9.17, 15) is 9.59 Å². The summed E-state index contributed by atoms with van der Waals surface area (Å²) < 4.78 is 1.70. The fourth-order valence-corrected chi connectivity index (χ4v) is 4.92. The van der Waals surface area contributed by atoms with Gasteiger partial charge >= 0.3 is 0 Å². The highest BCUT2D eigenvalue weighted by molar-refractivity contribution is 6.30. The average Bonchev–Trinajstić information content (AvgIpc) is 3.10. The van der Waals surface area contributed by atoms with E-state index in [1.54, 1.807) is 9.58 Å². The highest BCUT2D eigenvalue weighted by atomic mass is 35.5. The van der Waals surface area contributed by atoms with E-state index in [1.807, 2.05) is 18.2 Å². The number of fused-ring (bicyclic) bond motifs is 1. The fraction of sp³-hybridized carbons (Fsp3) is 0.409. The number of hydrogen-bond donors (Lipinski definition) is 2. The number of rotatable bonds is 4. The quantitative estimate of drug-likeness (QED) is 0.731. The predicted octanol–water partition coefficient (Wildman–Crippen LogP) is 2.84. The van der Waals surface area contributed by atoms with Crippen molar-refractivity contribution in [3.63, 3.8) is 0 Å². The minimum Gasteiger partial charge on any atom is -0.383 e. The van der Waals surface area contributed by atoms with Crippen molar-refractivity contribution in [3.05, 3.63) is 58.3 Å². The molecule has 0 spiro atoms. The summed E-state index contributed by atoms with van der Waals surface area (Å²) in [6.07, 6.45) is 5.45. The summed E-state index contributed by atoms with van der Waals surface area (Å²) in [5.41, 5.74) is 15.5. The molecule has 2 aromatic rings. The second-order valence-electron chi connectivity index (χ2n) is 8.09. The minimum atomic E-state index is -0.564. The van der Waals surface area contributed by atoms with E-state index in [1.165, 1.54) is 17.2 Å². The number of aromatic nitrogens is 2. The van der Waals surface area contributed by atoms with Crippen LogP contribution in [-0.4, -0.2) is 39.6 Å². The van der Waals surface area contributed by atoms with E-state index in [-0.39, 0.29) is 23.7 Å². The SMILES string of the molecule is C=CC(=O)N1CCC[C@@H](n2nc(C3CCc4cc(Cl)ccc4C3)c(C(N)=O)c2N)C1. The molecule has 1 fully saturated rings. The van der Waals surface area contributed by atoms with Gasteiger partial charge in [0.2, 0.25) is 5.91 Å². The molecular weight excluding hydrogens is 402 g/mol. The number of primary amides is 1. The minimum absolute atomic E-state index is 0.0548. The summed E-state index contributed by atoms with van der Waals surface area (Å²) in [5, 5.41) is 5.52. The number of anilines is 1. The number of halogens is 1. The molecule has 0 bridgehead atoms. The Morgan fingerprint density at radius 3 is 2.80 bits per heavy atom. The smallest absolute Gasteiger partial charge is 0.254 e. The first-order chi connectivity index (χ1) is 14.4. The second kappa shape index (κ2) is 8.14. The average molecular weight is 428 g/mol. The topological polar surface area (TPSA) is 107 Å². The summed E-state index contributed by atoms with van der Waals surface area (Å²) in [5.74, 6) is -0.328. The number of likely N-dealkylation sites (tertiary alicyclic amines) is 1. The van der Waals surface area contributed by atoms with Gasteiger partial charge in [0.1, 0.15) is 11.4 Å². The first kappa shape index (κ1) is 20.5. The molecule has 1 aliphatic heterocycles. The number of nitrogen functional groups attached to an aromatic ring is 1. The largest absolute Gasteiger partial charge is 0.383 e. The van der Waals surface area contributed by atoms with Crippen molar-refractivity contribution < 1.29 is 9.59 Å². The van der Waals surface area contributed by atoms with Crippen LogP contribution >= 0.6 is 11.6 Å². The van der Waals surface area contributed by atoms with Gasteiger partial charge in [-0.2, -0.15) is 5.10 Å². The van der Waals surface area contributed by atoms with Crippen LogP contribution in [0.1, 0.15) is 58.4 Å². The van der Waals surface area contributed by atoms with Crippen molar-refractivity contribution in [2.75, 3.05) is 18.8 Å². The van der Waals surface area contributed by atoms with Crippen LogP contribution in [0.2, 0.25) is 5.02 Å². The lowest BCUT2D eigenvalue weighted by Gasteiger charge is -2.32. The molecule has 7 nitrogen and oxygen atoms in total.